The van der Waals surface area contributed by atoms with E-state index in [9.17, 15) is 9.59 Å². The van der Waals surface area contributed by atoms with Crippen LogP contribution >= 0.6 is 0 Å². The monoisotopic (exact) mass is 369 g/mol. The first-order valence-electron chi connectivity index (χ1n) is 8.65. The fourth-order valence-electron chi connectivity index (χ4n) is 2.79. The van der Waals surface area contributed by atoms with Crippen LogP contribution in [0.3, 0.4) is 0 Å². The van der Waals surface area contributed by atoms with Gasteiger partial charge in [-0.3, -0.25) is 9.59 Å². The first kappa shape index (κ1) is 18.7. The number of hydrogen-bond donors (Lipinski definition) is 1. The number of amides is 2. The summed E-state index contributed by atoms with van der Waals surface area (Å²) in [7, 11) is 5.48. The number of ether oxygens (including phenoxy) is 2. The van der Waals surface area contributed by atoms with Crippen LogP contribution in [0.5, 0.6) is 11.5 Å². The molecule has 1 heterocycles. The molecule has 0 spiro atoms. The van der Waals surface area contributed by atoms with E-state index < -0.39 is 0 Å². The van der Waals surface area contributed by atoms with E-state index in [4.69, 9.17) is 9.47 Å². The average molecular weight is 369 g/mol. The number of carbonyl (C=O) groups excluding carboxylic acids is 2. The van der Waals surface area contributed by atoms with E-state index in [1.165, 1.54) is 0 Å². The Morgan fingerprint density at radius 3 is 2.81 bits per heavy atom. The van der Waals surface area contributed by atoms with Gasteiger partial charge in [-0.25, -0.2) is 0 Å². The standard InChI is InChI=1S/C20H23N3O4/c1-22(2)9-10-23-17-8-7-15(12-18(17)27-13-19(23)24)21-20(25)14-5-4-6-16(11-14)26-3/h4-8,11-12H,9-10,13H2,1-3H3,(H,21,25). The average Bonchev–Trinajstić information content (AvgIpc) is 2.67. The highest BCUT2D eigenvalue weighted by molar-refractivity contribution is 6.05. The number of rotatable bonds is 6. The highest BCUT2D eigenvalue weighted by Gasteiger charge is 2.25. The minimum atomic E-state index is -0.245. The van der Waals surface area contributed by atoms with Gasteiger partial charge in [0.25, 0.3) is 11.8 Å². The molecule has 0 atom stereocenters. The molecule has 1 aliphatic rings. The number of anilines is 2. The lowest BCUT2D eigenvalue weighted by Gasteiger charge is -2.30. The molecule has 3 rings (SSSR count). The Hall–Kier alpha value is -3.06. The maximum atomic E-state index is 12.5. The van der Waals surface area contributed by atoms with E-state index in [1.54, 1.807) is 54.5 Å². The highest BCUT2D eigenvalue weighted by Crippen LogP contribution is 2.34. The second-order valence-corrected chi connectivity index (χ2v) is 6.51. The normalized spacial score (nSPS) is 13.2. The Balaban J connectivity index is 1.77. The molecule has 0 unspecified atom stereocenters. The molecular weight excluding hydrogens is 346 g/mol. The summed E-state index contributed by atoms with van der Waals surface area (Å²) in [6.07, 6.45) is 0. The number of methoxy groups -OCH3 is 1. The first-order chi connectivity index (χ1) is 13.0. The summed E-state index contributed by atoms with van der Waals surface area (Å²) in [6.45, 7) is 1.32. The third-order valence-electron chi connectivity index (χ3n) is 4.26. The molecule has 7 heteroatoms. The lowest BCUT2D eigenvalue weighted by molar-refractivity contribution is -0.121. The molecule has 0 saturated heterocycles. The van der Waals surface area contributed by atoms with Crippen molar-refractivity contribution < 1.29 is 19.1 Å². The van der Waals surface area contributed by atoms with Gasteiger partial charge in [-0.15, -0.1) is 0 Å². The van der Waals surface area contributed by atoms with Gasteiger partial charge in [0.05, 0.1) is 12.8 Å². The molecule has 0 radical (unpaired) electrons. The van der Waals surface area contributed by atoms with E-state index in [0.29, 0.717) is 35.0 Å². The largest absolute Gasteiger partial charge is 0.497 e. The Morgan fingerprint density at radius 1 is 1.26 bits per heavy atom. The fraction of sp³-hybridized carbons (Fsp3) is 0.300. The quantitative estimate of drug-likeness (QED) is 0.846. The van der Waals surface area contributed by atoms with Gasteiger partial charge < -0.3 is 24.6 Å². The summed E-state index contributed by atoms with van der Waals surface area (Å²) in [5, 5.41) is 2.85. The lowest BCUT2D eigenvalue weighted by atomic mass is 10.1. The zero-order valence-electron chi connectivity index (χ0n) is 15.7. The third kappa shape index (κ3) is 4.38. The number of fused-ring (bicyclic) bond motifs is 1. The minimum absolute atomic E-state index is 0.00624. The Morgan fingerprint density at radius 2 is 2.07 bits per heavy atom. The molecule has 1 aliphatic heterocycles. The van der Waals surface area contributed by atoms with Crippen molar-refractivity contribution >= 4 is 23.2 Å². The smallest absolute Gasteiger partial charge is 0.265 e. The van der Waals surface area contributed by atoms with Crippen LogP contribution in [-0.2, 0) is 4.79 Å². The van der Waals surface area contributed by atoms with Crippen molar-refractivity contribution in [3.63, 3.8) is 0 Å². The van der Waals surface area contributed by atoms with Gasteiger partial charge in [-0.05, 0) is 44.4 Å². The van der Waals surface area contributed by atoms with Gasteiger partial charge in [-0.1, -0.05) is 6.07 Å². The number of nitrogens with one attached hydrogen (secondary N) is 1. The van der Waals surface area contributed by atoms with Crippen molar-refractivity contribution in [1.29, 1.82) is 0 Å². The number of nitrogens with zero attached hydrogens (tertiary/aromatic N) is 2. The molecule has 2 amide bonds. The molecule has 2 aromatic rings. The third-order valence-corrected chi connectivity index (χ3v) is 4.26. The van der Waals surface area contributed by atoms with Gasteiger partial charge in [0.15, 0.2) is 6.61 Å². The number of likely N-dealkylation sites (N-methyl/N-ethyl adjacent to an activating group) is 1. The van der Waals surface area contributed by atoms with E-state index >= 15 is 0 Å². The predicted octanol–water partition coefficient (Wildman–Crippen LogP) is 2.23. The van der Waals surface area contributed by atoms with Crippen LogP contribution < -0.4 is 19.7 Å². The van der Waals surface area contributed by atoms with E-state index in [1.807, 2.05) is 19.0 Å². The molecule has 7 nitrogen and oxygen atoms in total. The molecule has 2 aromatic carbocycles. The fourth-order valence-corrected chi connectivity index (χ4v) is 2.79. The molecule has 0 saturated carbocycles. The second-order valence-electron chi connectivity index (χ2n) is 6.51. The topological polar surface area (TPSA) is 71.1 Å². The van der Waals surface area contributed by atoms with Crippen LogP contribution in [0.25, 0.3) is 0 Å². The number of benzene rings is 2. The first-order valence-corrected chi connectivity index (χ1v) is 8.65. The molecular formula is C20H23N3O4. The van der Waals surface area contributed by atoms with Crippen molar-refractivity contribution in [2.45, 2.75) is 0 Å². The van der Waals surface area contributed by atoms with Crippen molar-refractivity contribution in [2.75, 3.05) is 51.1 Å². The Kier molecular flexibility index (Phi) is 5.61. The van der Waals surface area contributed by atoms with Crippen molar-refractivity contribution in [1.82, 2.24) is 4.90 Å². The van der Waals surface area contributed by atoms with Crippen LogP contribution in [0.2, 0.25) is 0 Å². The molecule has 0 aromatic heterocycles. The van der Waals surface area contributed by atoms with Crippen molar-refractivity contribution in [2.24, 2.45) is 0 Å². The highest BCUT2D eigenvalue weighted by atomic mass is 16.5. The Bertz CT molecular complexity index is 851. The van der Waals surface area contributed by atoms with Crippen molar-refractivity contribution in [3.05, 3.63) is 48.0 Å². The summed E-state index contributed by atoms with van der Waals surface area (Å²) in [5.74, 6) is 0.881. The van der Waals surface area contributed by atoms with E-state index in [0.717, 1.165) is 6.54 Å². The number of hydrogen-bond acceptors (Lipinski definition) is 5. The van der Waals surface area contributed by atoms with Gasteiger partial charge >= 0.3 is 0 Å². The lowest BCUT2D eigenvalue weighted by Crippen LogP contribution is -2.42. The summed E-state index contributed by atoms with van der Waals surface area (Å²) >= 11 is 0. The molecule has 0 aliphatic carbocycles. The molecule has 0 bridgehead atoms. The molecule has 142 valence electrons. The summed E-state index contributed by atoms with van der Waals surface area (Å²) < 4.78 is 10.7. The zero-order valence-corrected chi connectivity index (χ0v) is 15.7. The van der Waals surface area contributed by atoms with Gasteiger partial charge in [0, 0.05) is 30.4 Å². The summed E-state index contributed by atoms with van der Waals surface area (Å²) in [5.41, 5.74) is 1.81. The SMILES string of the molecule is COc1cccc(C(=O)Nc2ccc3c(c2)OCC(=O)N3CCN(C)C)c1. The zero-order chi connectivity index (χ0) is 19.4. The van der Waals surface area contributed by atoms with E-state index in [-0.39, 0.29) is 18.4 Å². The summed E-state index contributed by atoms with van der Waals surface area (Å²) in [6, 6.07) is 12.2. The van der Waals surface area contributed by atoms with Gasteiger partial charge in [0.2, 0.25) is 0 Å². The second kappa shape index (κ2) is 8.09. The van der Waals surface area contributed by atoms with Crippen LogP contribution in [0.4, 0.5) is 11.4 Å². The van der Waals surface area contributed by atoms with Crippen molar-refractivity contribution in [3.8, 4) is 11.5 Å². The van der Waals surface area contributed by atoms with Crippen LogP contribution in [-0.4, -0.2) is 57.6 Å². The van der Waals surface area contributed by atoms with E-state index in [2.05, 4.69) is 5.32 Å². The van der Waals surface area contributed by atoms with Crippen LogP contribution in [0, 0.1) is 0 Å². The molecule has 0 fully saturated rings. The van der Waals surface area contributed by atoms with Crippen LogP contribution in [0.1, 0.15) is 10.4 Å². The Labute approximate surface area is 158 Å². The maximum Gasteiger partial charge on any atom is 0.265 e. The van der Waals surface area contributed by atoms with Crippen LogP contribution in [0.15, 0.2) is 42.5 Å². The molecule has 1 N–H and O–H groups in total. The van der Waals surface area contributed by atoms with Gasteiger partial charge in [-0.2, -0.15) is 0 Å². The van der Waals surface area contributed by atoms with Gasteiger partial charge in [0.1, 0.15) is 11.5 Å². The number of carbonyl (C=O) groups is 2. The summed E-state index contributed by atoms with van der Waals surface area (Å²) in [4.78, 5) is 28.4. The minimum Gasteiger partial charge on any atom is -0.497 e. The predicted molar refractivity (Wildman–Crippen MR) is 104 cm³/mol. The maximum absolute atomic E-state index is 12.5. The molecule has 27 heavy (non-hydrogen) atoms.